The predicted octanol–water partition coefficient (Wildman–Crippen LogP) is 3.98. The van der Waals surface area contributed by atoms with Crippen LogP contribution < -0.4 is 10.2 Å². The normalized spacial score (nSPS) is 21.3. The van der Waals surface area contributed by atoms with Crippen LogP contribution in [0.3, 0.4) is 0 Å². The second-order valence-electron chi connectivity index (χ2n) is 7.02. The van der Waals surface area contributed by atoms with E-state index < -0.39 is 0 Å². The molecule has 1 saturated heterocycles. The maximum Gasteiger partial charge on any atom is 0.146 e. The highest BCUT2D eigenvalue weighted by atomic mass is 19.1. The van der Waals surface area contributed by atoms with E-state index in [-0.39, 0.29) is 11.9 Å². The summed E-state index contributed by atoms with van der Waals surface area (Å²) in [5, 5.41) is 3.14. The van der Waals surface area contributed by atoms with Crippen LogP contribution in [0.1, 0.15) is 45.7 Å². The number of benzene rings is 1. The van der Waals surface area contributed by atoms with Gasteiger partial charge < -0.3 is 10.2 Å². The zero-order valence-corrected chi connectivity index (χ0v) is 13.3. The maximum atomic E-state index is 14.4. The highest BCUT2D eigenvalue weighted by Crippen LogP contribution is 2.36. The van der Waals surface area contributed by atoms with Crippen molar-refractivity contribution in [2.45, 2.75) is 40.2 Å². The molecule has 1 fully saturated rings. The van der Waals surface area contributed by atoms with Crippen LogP contribution in [0.4, 0.5) is 10.1 Å². The topological polar surface area (TPSA) is 15.3 Å². The summed E-state index contributed by atoms with van der Waals surface area (Å²) in [7, 11) is 1.89. The standard InChI is InChI=1S/C17H27FN2/c1-12(19-5)13-6-7-16(15(18)10-13)20-9-8-14(11-20)17(2,3)4/h6-7,10,12,14,19H,8-9,11H2,1-5H3. The number of halogens is 1. The summed E-state index contributed by atoms with van der Waals surface area (Å²) in [6, 6.07) is 5.81. The van der Waals surface area contributed by atoms with Gasteiger partial charge in [0, 0.05) is 19.1 Å². The van der Waals surface area contributed by atoms with Crippen LogP contribution in [0.15, 0.2) is 18.2 Å². The Morgan fingerprint density at radius 2 is 2.05 bits per heavy atom. The van der Waals surface area contributed by atoms with E-state index in [1.807, 2.05) is 26.1 Å². The summed E-state index contributed by atoms with van der Waals surface area (Å²) in [6.07, 6.45) is 1.15. The van der Waals surface area contributed by atoms with E-state index in [9.17, 15) is 4.39 Å². The van der Waals surface area contributed by atoms with Gasteiger partial charge in [0.2, 0.25) is 0 Å². The Labute approximate surface area is 122 Å². The van der Waals surface area contributed by atoms with Crippen molar-refractivity contribution in [1.29, 1.82) is 0 Å². The lowest BCUT2D eigenvalue weighted by Gasteiger charge is -2.27. The summed E-state index contributed by atoms with van der Waals surface area (Å²) in [4.78, 5) is 2.19. The van der Waals surface area contributed by atoms with Crippen molar-refractivity contribution >= 4 is 5.69 Å². The molecule has 2 atom stereocenters. The van der Waals surface area contributed by atoms with Gasteiger partial charge in [-0.15, -0.1) is 0 Å². The minimum Gasteiger partial charge on any atom is -0.369 e. The van der Waals surface area contributed by atoms with Crippen molar-refractivity contribution in [2.75, 3.05) is 25.0 Å². The van der Waals surface area contributed by atoms with Gasteiger partial charge in [0.25, 0.3) is 0 Å². The molecular weight excluding hydrogens is 251 g/mol. The zero-order chi connectivity index (χ0) is 14.9. The molecule has 0 amide bonds. The first-order chi connectivity index (χ1) is 9.32. The fourth-order valence-corrected chi connectivity index (χ4v) is 2.90. The van der Waals surface area contributed by atoms with Gasteiger partial charge in [-0.25, -0.2) is 4.39 Å². The van der Waals surface area contributed by atoms with Gasteiger partial charge in [-0.3, -0.25) is 0 Å². The van der Waals surface area contributed by atoms with Crippen molar-refractivity contribution in [1.82, 2.24) is 5.32 Å². The smallest absolute Gasteiger partial charge is 0.146 e. The Balaban J connectivity index is 2.15. The molecule has 2 rings (SSSR count). The molecule has 2 nitrogen and oxygen atoms in total. The highest BCUT2D eigenvalue weighted by Gasteiger charge is 2.32. The second-order valence-corrected chi connectivity index (χ2v) is 7.02. The van der Waals surface area contributed by atoms with E-state index in [2.05, 4.69) is 31.0 Å². The van der Waals surface area contributed by atoms with Crippen LogP contribution in [0.5, 0.6) is 0 Å². The first-order valence-corrected chi connectivity index (χ1v) is 7.54. The summed E-state index contributed by atoms with van der Waals surface area (Å²) in [5.41, 5.74) is 2.05. The minimum atomic E-state index is -0.0980. The molecule has 1 aromatic rings. The molecule has 3 heteroatoms. The number of nitrogens with zero attached hydrogens (tertiary/aromatic N) is 1. The fraction of sp³-hybridized carbons (Fsp3) is 0.647. The molecule has 0 saturated carbocycles. The number of nitrogens with one attached hydrogen (secondary N) is 1. The SMILES string of the molecule is CNC(C)c1ccc(N2CCC(C(C)(C)C)C2)c(F)c1. The average molecular weight is 278 g/mol. The van der Waals surface area contributed by atoms with Gasteiger partial charge in [-0.05, 0) is 49.4 Å². The Bertz CT molecular complexity index is 465. The van der Waals surface area contributed by atoms with Crippen LogP contribution in [-0.2, 0) is 0 Å². The van der Waals surface area contributed by atoms with E-state index >= 15 is 0 Å². The lowest BCUT2D eigenvalue weighted by atomic mass is 9.80. The van der Waals surface area contributed by atoms with Crippen molar-refractivity contribution in [2.24, 2.45) is 11.3 Å². The third-order valence-corrected chi connectivity index (χ3v) is 4.66. The van der Waals surface area contributed by atoms with Crippen molar-refractivity contribution in [3.8, 4) is 0 Å². The third kappa shape index (κ3) is 3.14. The first-order valence-electron chi connectivity index (χ1n) is 7.54. The summed E-state index contributed by atoms with van der Waals surface area (Å²) in [5.74, 6) is 0.539. The van der Waals surface area contributed by atoms with E-state index in [1.165, 1.54) is 0 Å². The molecule has 1 aromatic carbocycles. The Morgan fingerprint density at radius 3 is 2.55 bits per heavy atom. The quantitative estimate of drug-likeness (QED) is 0.899. The summed E-state index contributed by atoms with van der Waals surface area (Å²) >= 11 is 0. The molecule has 1 aliphatic rings. The van der Waals surface area contributed by atoms with E-state index in [0.29, 0.717) is 11.3 Å². The van der Waals surface area contributed by atoms with E-state index in [1.54, 1.807) is 6.07 Å². The first kappa shape index (κ1) is 15.3. The zero-order valence-electron chi connectivity index (χ0n) is 13.3. The van der Waals surface area contributed by atoms with Gasteiger partial charge >= 0.3 is 0 Å². The molecule has 0 aliphatic carbocycles. The van der Waals surface area contributed by atoms with Crippen LogP contribution in [0.25, 0.3) is 0 Å². The van der Waals surface area contributed by atoms with Crippen molar-refractivity contribution < 1.29 is 4.39 Å². The van der Waals surface area contributed by atoms with Crippen LogP contribution in [0, 0.1) is 17.2 Å². The minimum absolute atomic E-state index is 0.0980. The fourth-order valence-electron chi connectivity index (χ4n) is 2.90. The Morgan fingerprint density at radius 1 is 1.35 bits per heavy atom. The van der Waals surface area contributed by atoms with Crippen molar-refractivity contribution in [3.63, 3.8) is 0 Å². The predicted molar refractivity (Wildman–Crippen MR) is 83.6 cm³/mol. The van der Waals surface area contributed by atoms with Crippen LogP contribution in [-0.4, -0.2) is 20.1 Å². The lowest BCUT2D eigenvalue weighted by Crippen LogP contribution is -2.26. The molecule has 2 unspecified atom stereocenters. The van der Waals surface area contributed by atoms with E-state index in [0.717, 1.165) is 30.8 Å². The second kappa shape index (κ2) is 5.72. The molecule has 1 N–H and O–H groups in total. The number of rotatable bonds is 3. The number of anilines is 1. The van der Waals surface area contributed by atoms with Gasteiger partial charge in [-0.1, -0.05) is 26.8 Å². The third-order valence-electron chi connectivity index (χ3n) is 4.66. The van der Waals surface area contributed by atoms with Crippen LogP contribution in [0.2, 0.25) is 0 Å². The maximum absolute atomic E-state index is 14.4. The molecular formula is C17H27FN2. The molecule has 20 heavy (non-hydrogen) atoms. The summed E-state index contributed by atoms with van der Waals surface area (Å²) < 4.78 is 14.4. The molecule has 0 spiro atoms. The van der Waals surface area contributed by atoms with Gasteiger partial charge in [0.15, 0.2) is 0 Å². The van der Waals surface area contributed by atoms with E-state index in [4.69, 9.17) is 0 Å². The summed E-state index contributed by atoms with van der Waals surface area (Å²) in [6.45, 7) is 10.8. The van der Waals surface area contributed by atoms with Gasteiger partial charge in [0.05, 0.1) is 5.69 Å². The monoisotopic (exact) mass is 278 g/mol. The Hall–Kier alpha value is -1.09. The lowest BCUT2D eigenvalue weighted by molar-refractivity contribution is 0.263. The van der Waals surface area contributed by atoms with Crippen LogP contribution >= 0.6 is 0 Å². The molecule has 112 valence electrons. The molecule has 0 aromatic heterocycles. The van der Waals surface area contributed by atoms with Gasteiger partial charge in [0.1, 0.15) is 5.82 Å². The van der Waals surface area contributed by atoms with Gasteiger partial charge in [-0.2, -0.15) is 0 Å². The average Bonchev–Trinajstić information content (AvgIpc) is 2.87. The largest absolute Gasteiger partial charge is 0.369 e. The number of hydrogen-bond acceptors (Lipinski definition) is 2. The molecule has 0 bridgehead atoms. The molecule has 1 heterocycles. The number of hydrogen-bond donors (Lipinski definition) is 1. The Kier molecular flexibility index (Phi) is 4.38. The van der Waals surface area contributed by atoms with Crippen molar-refractivity contribution in [3.05, 3.63) is 29.6 Å². The molecule has 0 radical (unpaired) electrons. The molecule has 1 aliphatic heterocycles. The highest BCUT2D eigenvalue weighted by molar-refractivity contribution is 5.50.